The number of halogens is 1. The number of nitrogens with zero attached hydrogens (tertiary/aromatic N) is 1. The quantitative estimate of drug-likeness (QED) is 0.741. The molecule has 2 rings (SSSR count). The zero-order valence-electron chi connectivity index (χ0n) is 9.45. The van der Waals surface area contributed by atoms with Gasteiger partial charge in [-0.05, 0) is 18.1 Å². The molecule has 1 heterocycles. The number of hydrogen-bond donors (Lipinski definition) is 0. The van der Waals surface area contributed by atoms with Gasteiger partial charge in [0.15, 0.2) is 0 Å². The predicted octanol–water partition coefficient (Wildman–Crippen LogP) is 2.98. The van der Waals surface area contributed by atoms with E-state index in [1.807, 2.05) is 23.1 Å². The Morgan fingerprint density at radius 2 is 2.19 bits per heavy atom. The van der Waals surface area contributed by atoms with Crippen molar-refractivity contribution in [2.24, 2.45) is 0 Å². The highest BCUT2D eigenvalue weighted by molar-refractivity contribution is 6.24. The molecule has 1 unspecified atom stereocenters. The standard InChI is InChI=1S/C13H16ClNO/c1-2-5-10-6-3-4-7-12(10)15-9-11(14)8-13(15)16/h3-4,6-7,11H,2,5,8-9H2,1H3. The van der Waals surface area contributed by atoms with E-state index in [9.17, 15) is 4.79 Å². The summed E-state index contributed by atoms with van der Waals surface area (Å²) in [6, 6.07) is 8.10. The Hall–Kier alpha value is -1.02. The molecule has 0 aromatic heterocycles. The van der Waals surface area contributed by atoms with E-state index in [4.69, 9.17) is 11.6 Å². The number of amides is 1. The van der Waals surface area contributed by atoms with Crippen molar-refractivity contribution < 1.29 is 4.79 Å². The number of rotatable bonds is 3. The topological polar surface area (TPSA) is 20.3 Å². The summed E-state index contributed by atoms with van der Waals surface area (Å²) < 4.78 is 0. The van der Waals surface area contributed by atoms with Crippen LogP contribution < -0.4 is 4.90 Å². The number of hydrogen-bond acceptors (Lipinski definition) is 1. The molecule has 16 heavy (non-hydrogen) atoms. The molecule has 0 aliphatic carbocycles. The van der Waals surface area contributed by atoms with E-state index in [0.717, 1.165) is 18.5 Å². The Morgan fingerprint density at radius 1 is 1.44 bits per heavy atom. The Labute approximate surface area is 101 Å². The summed E-state index contributed by atoms with van der Waals surface area (Å²) in [6.07, 6.45) is 2.55. The molecule has 0 radical (unpaired) electrons. The Morgan fingerprint density at radius 3 is 2.81 bits per heavy atom. The summed E-state index contributed by atoms with van der Waals surface area (Å²) in [6.45, 7) is 2.79. The number of para-hydroxylation sites is 1. The molecule has 1 fully saturated rings. The molecule has 1 saturated heterocycles. The van der Waals surface area contributed by atoms with E-state index < -0.39 is 0 Å². The second kappa shape index (κ2) is 4.88. The highest BCUT2D eigenvalue weighted by Gasteiger charge is 2.29. The second-order valence-corrected chi connectivity index (χ2v) is 4.80. The van der Waals surface area contributed by atoms with Gasteiger partial charge in [0.05, 0.1) is 5.38 Å². The Balaban J connectivity index is 2.29. The minimum Gasteiger partial charge on any atom is -0.311 e. The molecule has 0 spiro atoms. The third-order valence-electron chi connectivity index (χ3n) is 2.88. The van der Waals surface area contributed by atoms with Gasteiger partial charge in [0.2, 0.25) is 5.91 Å². The lowest BCUT2D eigenvalue weighted by Crippen LogP contribution is -2.25. The van der Waals surface area contributed by atoms with Gasteiger partial charge in [-0.25, -0.2) is 0 Å². The van der Waals surface area contributed by atoms with E-state index >= 15 is 0 Å². The zero-order chi connectivity index (χ0) is 11.5. The molecule has 0 N–H and O–H groups in total. The first-order chi connectivity index (χ1) is 7.72. The van der Waals surface area contributed by atoms with Gasteiger partial charge in [0.1, 0.15) is 0 Å². The molecule has 2 nitrogen and oxygen atoms in total. The summed E-state index contributed by atoms with van der Waals surface area (Å²) in [5, 5.41) is -0.0396. The fourth-order valence-corrected chi connectivity index (χ4v) is 2.42. The highest BCUT2D eigenvalue weighted by atomic mass is 35.5. The molecular weight excluding hydrogens is 222 g/mol. The molecule has 3 heteroatoms. The molecule has 1 aliphatic heterocycles. The lowest BCUT2D eigenvalue weighted by Gasteiger charge is -2.19. The summed E-state index contributed by atoms with van der Waals surface area (Å²) in [4.78, 5) is 13.6. The van der Waals surface area contributed by atoms with Gasteiger partial charge in [-0.2, -0.15) is 0 Å². The third kappa shape index (κ3) is 2.22. The first-order valence-corrected chi connectivity index (χ1v) is 6.18. The van der Waals surface area contributed by atoms with Crippen molar-refractivity contribution in [2.45, 2.75) is 31.6 Å². The van der Waals surface area contributed by atoms with Crippen LogP contribution in [0, 0.1) is 0 Å². The largest absolute Gasteiger partial charge is 0.311 e. The first kappa shape index (κ1) is 11.5. The van der Waals surface area contributed by atoms with Crippen molar-refractivity contribution >= 4 is 23.2 Å². The van der Waals surface area contributed by atoms with Gasteiger partial charge in [0, 0.05) is 18.7 Å². The van der Waals surface area contributed by atoms with Crippen molar-refractivity contribution in [1.29, 1.82) is 0 Å². The lowest BCUT2D eigenvalue weighted by molar-refractivity contribution is -0.117. The maximum Gasteiger partial charge on any atom is 0.228 e. The molecule has 1 aromatic carbocycles. The monoisotopic (exact) mass is 237 g/mol. The highest BCUT2D eigenvalue weighted by Crippen LogP contribution is 2.28. The number of alkyl halides is 1. The molecule has 0 saturated carbocycles. The summed E-state index contributed by atoms with van der Waals surface area (Å²) >= 11 is 6.02. The van der Waals surface area contributed by atoms with Crippen LogP contribution in [0.1, 0.15) is 25.3 Å². The van der Waals surface area contributed by atoms with Crippen LogP contribution in [0.5, 0.6) is 0 Å². The van der Waals surface area contributed by atoms with Gasteiger partial charge in [-0.1, -0.05) is 31.5 Å². The lowest BCUT2D eigenvalue weighted by atomic mass is 10.1. The van der Waals surface area contributed by atoms with Crippen LogP contribution in [-0.4, -0.2) is 17.8 Å². The summed E-state index contributed by atoms with van der Waals surface area (Å²) in [5.41, 5.74) is 2.28. The molecular formula is C13H16ClNO. The van der Waals surface area contributed by atoms with Crippen LogP contribution in [-0.2, 0) is 11.2 Å². The summed E-state index contributed by atoms with van der Waals surface area (Å²) in [7, 11) is 0. The van der Waals surface area contributed by atoms with E-state index in [-0.39, 0.29) is 11.3 Å². The van der Waals surface area contributed by atoms with E-state index in [1.54, 1.807) is 0 Å². The number of benzene rings is 1. The minimum atomic E-state index is -0.0396. The van der Waals surface area contributed by atoms with Crippen molar-refractivity contribution in [2.75, 3.05) is 11.4 Å². The normalized spacial score (nSPS) is 20.5. The van der Waals surface area contributed by atoms with Crippen LogP contribution in [0.15, 0.2) is 24.3 Å². The third-order valence-corrected chi connectivity index (χ3v) is 3.17. The van der Waals surface area contributed by atoms with Gasteiger partial charge < -0.3 is 4.90 Å². The predicted molar refractivity (Wildman–Crippen MR) is 67.0 cm³/mol. The van der Waals surface area contributed by atoms with Crippen molar-refractivity contribution in [3.05, 3.63) is 29.8 Å². The van der Waals surface area contributed by atoms with E-state index in [2.05, 4.69) is 13.0 Å². The number of carbonyl (C=O) groups excluding carboxylic acids is 1. The van der Waals surface area contributed by atoms with Crippen LogP contribution in [0.2, 0.25) is 0 Å². The van der Waals surface area contributed by atoms with Gasteiger partial charge in [0.25, 0.3) is 0 Å². The van der Waals surface area contributed by atoms with E-state index in [1.165, 1.54) is 5.56 Å². The van der Waals surface area contributed by atoms with E-state index in [0.29, 0.717) is 13.0 Å². The Bertz CT molecular complexity index is 391. The van der Waals surface area contributed by atoms with Crippen molar-refractivity contribution in [3.63, 3.8) is 0 Å². The first-order valence-electron chi connectivity index (χ1n) is 5.74. The van der Waals surface area contributed by atoms with Crippen LogP contribution in [0.25, 0.3) is 0 Å². The molecule has 0 bridgehead atoms. The SMILES string of the molecule is CCCc1ccccc1N1CC(Cl)CC1=O. The maximum atomic E-state index is 11.8. The molecule has 1 atom stereocenters. The zero-order valence-corrected chi connectivity index (χ0v) is 10.2. The van der Waals surface area contributed by atoms with Crippen LogP contribution in [0.3, 0.4) is 0 Å². The molecule has 1 amide bonds. The maximum absolute atomic E-state index is 11.8. The fourth-order valence-electron chi connectivity index (χ4n) is 2.15. The van der Waals surface area contributed by atoms with Gasteiger partial charge >= 0.3 is 0 Å². The second-order valence-electron chi connectivity index (χ2n) is 4.18. The molecule has 1 aliphatic rings. The van der Waals surface area contributed by atoms with Crippen molar-refractivity contribution in [1.82, 2.24) is 0 Å². The van der Waals surface area contributed by atoms with Crippen LogP contribution >= 0.6 is 11.6 Å². The smallest absolute Gasteiger partial charge is 0.228 e. The molecule has 86 valence electrons. The van der Waals surface area contributed by atoms with Crippen molar-refractivity contribution in [3.8, 4) is 0 Å². The van der Waals surface area contributed by atoms with Crippen LogP contribution in [0.4, 0.5) is 5.69 Å². The summed E-state index contributed by atoms with van der Waals surface area (Å²) in [5.74, 6) is 0.142. The number of anilines is 1. The van der Waals surface area contributed by atoms with Gasteiger partial charge in [-0.15, -0.1) is 11.6 Å². The minimum absolute atomic E-state index is 0.0396. The Kier molecular flexibility index (Phi) is 3.49. The fraction of sp³-hybridized carbons (Fsp3) is 0.462. The van der Waals surface area contributed by atoms with Gasteiger partial charge in [-0.3, -0.25) is 4.79 Å². The average Bonchev–Trinajstić information content (AvgIpc) is 2.59. The number of aryl methyl sites for hydroxylation is 1. The average molecular weight is 238 g/mol. The molecule has 1 aromatic rings. The number of carbonyl (C=O) groups is 1.